The molecule has 3 aliphatic carbocycles. The van der Waals surface area contributed by atoms with Crippen molar-refractivity contribution in [2.45, 2.75) is 45.6 Å². The first-order chi connectivity index (χ1) is 13.0. The molecule has 1 heterocycles. The Hall–Kier alpha value is -2.04. The molecule has 1 aromatic rings. The van der Waals surface area contributed by atoms with E-state index in [0.29, 0.717) is 13.1 Å². The average Bonchev–Trinajstić information content (AvgIpc) is 2.68. The minimum atomic E-state index is -0.769. The number of amides is 1. The number of aliphatic carboxylic acids is 1. The van der Waals surface area contributed by atoms with Crippen LogP contribution < -0.4 is 4.90 Å². The number of anilines is 1. The van der Waals surface area contributed by atoms with E-state index in [2.05, 4.69) is 43.0 Å². The van der Waals surface area contributed by atoms with Crippen molar-refractivity contribution in [3.05, 3.63) is 29.8 Å². The highest BCUT2D eigenvalue weighted by Crippen LogP contribution is 2.49. The third-order valence-electron chi connectivity index (χ3n) is 7.09. The second kappa shape index (κ2) is 7.17. The number of benzene rings is 1. The Morgan fingerprint density at radius 1 is 0.963 bits per heavy atom. The third-order valence-corrected chi connectivity index (χ3v) is 7.09. The second-order valence-corrected chi connectivity index (χ2v) is 8.73. The van der Waals surface area contributed by atoms with Gasteiger partial charge in [-0.05, 0) is 63.5 Å². The quantitative estimate of drug-likeness (QED) is 0.888. The summed E-state index contributed by atoms with van der Waals surface area (Å²) in [4.78, 5) is 29.5. The van der Waals surface area contributed by atoms with Gasteiger partial charge in [-0.3, -0.25) is 9.59 Å². The molecule has 0 radical (unpaired) electrons. The molecule has 4 aliphatic rings. The SMILES string of the molecule is Cc1ccc(N2CCN(C(=O)[C@@H]3C4CCC(CC4)[C@H]3C(=O)O)C[C@H]2C)cc1. The van der Waals surface area contributed by atoms with Crippen molar-refractivity contribution in [3.63, 3.8) is 0 Å². The number of nitrogens with zero attached hydrogens (tertiary/aromatic N) is 2. The minimum Gasteiger partial charge on any atom is -0.481 e. The van der Waals surface area contributed by atoms with E-state index in [0.717, 1.165) is 32.2 Å². The zero-order chi connectivity index (χ0) is 19.1. The second-order valence-electron chi connectivity index (χ2n) is 8.73. The maximum absolute atomic E-state index is 13.3. The lowest BCUT2D eigenvalue weighted by molar-refractivity contribution is -0.162. The van der Waals surface area contributed by atoms with Crippen LogP contribution in [0.1, 0.15) is 38.2 Å². The smallest absolute Gasteiger partial charge is 0.307 e. The summed E-state index contributed by atoms with van der Waals surface area (Å²) in [6.45, 7) is 6.39. The van der Waals surface area contributed by atoms with Crippen LogP contribution in [0.3, 0.4) is 0 Å². The number of aryl methyl sites for hydroxylation is 1. The van der Waals surface area contributed by atoms with Gasteiger partial charge in [0.1, 0.15) is 0 Å². The van der Waals surface area contributed by atoms with Crippen molar-refractivity contribution in [2.75, 3.05) is 24.5 Å². The number of rotatable bonds is 3. The Balaban J connectivity index is 1.47. The normalized spacial score (nSPS) is 33.2. The first kappa shape index (κ1) is 18.3. The molecule has 1 N–H and O–H groups in total. The van der Waals surface area contributed by atoms with E-state index >= 15 is 0 Å². The van der Waals surface area contributed by atoms with E-state index in [9.17, 15) is 14.7 Å². The van der Waals surface area contributed by atoms with Crippen LogP contribution >= 0.6 is 0 Å². The summed E-state index contributed by atoms with van der Waals surface area (Å²) < 4.78 is 0. The Morgan fingerprint density at radius 2 is 1.56 bits per heavy atom. The first-order valence-electron chi connectivity index (χ1n) is 10.3. The van der Waals surface area contributed by atoms with Gasteiger partial charge in [0.15, 0.2) is 0 Å². The van der Waals surface area contributed by atoms with Gasteiger partial charge in [0.25, 0.3) is 0 Å². The lowest BCUT2D eigenvalue weighted by Gasteiger charge is -2.49. The average molecular weight is 370 g/mol. The van der Waals surface area contributed by atoms with Crippen molar-refractivity contribution < 1.29 is 14.7 Å². The molecule has 1 saturated heterocycles. The molecule has 3 atom stereocenters. The molecule has 1 aromatic carbocycles. The van der Waals surface area contributed by atoms with Crippen LogP contribution in [0.5, 0.6) is 0 Å². The van der Waals surface area contributed by atoms with Gasteiger partial charge in [0.05, 0.1) is 11.8 Å². The van der Waals surface area contributed by atoms with Gasteiger partial charge in [-0.15, -0.1) is 0 Å². The molecule has 5 nitrogen and oxygen atoms in total. The number of fused-ring (bicyclic) bond motifs is 3. The lowest BCUT2D eigenvalue weighted by atomic mass is 9.58. The lowest BCUT2D eigenvalue weighted by Crippen LogP contribution is -2.58. The van der Waals surface area contributed by atoms with Crippen LogP contribution in [0.15, 0.2) is 24.3 Å². The number of hydrogen-bond donors (Lipinski definition) is 1. The number of hydrogen-bond acceptors (Lipinski definition) is 3. The molecule has 27 heavy (non-hydrogen) atoms. The highest BCUT2D eigenvalue weighted by Gasteiger charge is 2.51. The number of carbonyl (C=O) groups excluding carboxylic acids is 1. The van der Waals surface area contributed by atoms with Crippen molar-refractivity contribution in [2.24, 2.45) is 23.7 Å². The molecule has 4 fully saturated rings. The number of carboxylic acid groups (broad SMARTS) is 1. The zero-order valence-electron chi connectivity index (χ0n) is 16.3. The topological polar surface area (TPSA) is 60.9 Å². The van der Waals surface area contributed by atoms with Gasteiger partial charge < -0.3 is 14.9 Å². The summed E-state index contributed by atoms with van der Waals surface area (Å²) in [5, 5.41) is 9.76. The van der Waals surface area contributed by atoms with Crippen LogP contribution in [0.4, 0.5) is 5.69 Å². The first-order valence-corrected chi connectivity index (χ1v) is 10.3. The molecule has 146 valence electrons. The molecule has 3 saturated carbocycles. The minimum absolute atomic E-state index is 0.0900. The van der Waals surface area contributed by atoms with E-state index in [4.69, 9.17) is 0 Å². The molecule has 5 rings (SSSR count). The summed E-state index contributed by atoms with van der Waals surface area (Å²) in [5.41, 5.74) is 2.44. The van der Waals surface area contributed by atoms with Gasteiger partial charge in [-0.1, -0.05) is 17.7 Å². The molecular formula is C22H30N2O3. The molecule has 5 heteroatoms. The fourth-order valence-electron chi connectivity index (χ4n) is 5.65. The number of carbonyl (C=O) groups is 2. The Bertz CT molecular complexity index is 709. The Labute approximate surface area is 161 Å². The summed E-state index contributed by atoms with van der Waals surface area (Å²) in [5.74, 6) is -1.02. The predicted molar refractivity (Wildman–Crippen MR) is 105 cm³/mol. The fourth-order valence-corrected chi connectivity index (χ4v) is 5.65. The van der Waals surface area contributed by atoms with Gasteiger partial charge in [-0.2, -0.15) is 0 Å². The molecule has 0 spiro atoms. The molecule has 0 aromatic heterocycles. The summed E-state index contributed by atoms with van der Waals surface area (Å²) >= 11 is 0. The van der Waals surface area contributed by atoms with Crippen molar-refractivity contribution in [3.8, 4) is 0 Å². The maximum Gasteiger partial charge on any atom is 0.307 e. The van der Waals surface area contributed by atoms with Crippen LogP contribution in [-0.2, 0) is 9.59 Å². The van der Waals surface area contributed by atoms with E-state index in [1.54, 1.807) is 0 Å². The van der Waals surface area contributed by atoms with Crippen LogP contribution in [-0.4, -0.2) is 47.6 Å². The van der Waals surface area contributed by atoms with Crippen LogP contribution in [0.25, 0.3) is 0 Å². The molecular weight excluding hydrogens is 340 g/mol. The van der Waals surface area contributed by atoms with Crippen molar-refractivity contribution in [1.29, 1.82) is 0 Å². The van der Waals surface area contributed by atoms with Gasteiger partial charge in [-0.25, -0.2) is 0 Å². The van der Waals surface area contributed by atoms with Crippen molar-refractivity contribution in [1.82, 2.24) is 4.90 Å². The Kier molecular flexibility index (Phi) is 4.87. The predicted octanol–water partition coefficient (Wildman–Crippen LogP) is 3.17. The highest BCUT2D eigenvalue weighted by atomic mass is 16.4. The van der Waals surface area contributed by atoms with Gasteiger partial charge in [0.2, 0.25) is 5.91 Å². The standard InChI is InChI=1S/C22H30N2O3/c1-14-3-9-18(10-4-14)24-12-11-23(13-15(24)2)21(25)19-16-5-7-17(8-6-16)20(19)22(26)27/h3-4,9-10,15-17,19-20H,5-8,11-13H2,1-2H3,(H,26,27)/t15-,16?,17?,19-,20-/m1/s1. The van der Waals surface area contributed by atoms with Gasteiger partial charge in [0, 0.05) is 31.4 Å². The third kappa shape index (κ3) is 3.32. The molecule has 1 amide bonds. The van der Waals surface area contributed by atoms with E-state index < -0.39 is 11.9 Å². The summed E-state index contributed by atoms with van der Waals surface area (Å²) in [6.07, 6.45) is 3.99. The number of carboxylic acids is 1. The highest BCUT2D eigenvalue weighted by molar-refractivity contribution is 5.86. The largest absolute Gasteiger partial charge is 0.481 e. The summed E-state index contributed by atoms with van der Waals surface area (Å²) in [6, 6.07) is 8.76. The molecule has 2 bridgehead atoms. The maximum atomic E-state index is 13.3. The number of piperazine rings is 1. The van der Waals surface area contributed by atoms with E-state index in [1.807, 2.05) is 4.90 Å². The van der Waals surface area contributed by atoms with Crippen molar-refractivity contribution >= 4 is 17.6 Å². The molecule has 1 aliphatic heterocycles. The molecule has 0 unspecified atom stereocenters. The zero-order valence-corrected chi connectivity index (χ0v) is 16.3. The van der Waals surface area contributed by atoms with E-state index in [-0.39, 0.29) is 29.7 Å². The Morgan fingerprint density at radius 3 is 2.11 bits per heavy atom. The van der Waals surface area contributed by atoms with Crippen LogP contribution in [0.2, 0.25) is 0 Å². The fraction of sp³-hybridized carbons (Fsp3) is 0.636. The van der Waals surface area contributed by atoms with Crippen LogP contribution in [0, 0.1) is 30.6 Å². The van der Waals surface area contributed by atoms with Gasteiger partial charge >= 0.3 is 5.97 Å². The monoisotopic (exact) mass is 370 g/mol. The van der Waals surface area contributed by atoms with E-state index in [1.165, 1.54) is 11.3 Å². The summed E-state index contributed by atoms with van der Waals surface area (Å²) in [7, 11) is 0.